The fourth-order valence-corrected chi connectivity index (χ4v) is 3.44. The molecule has 0 unspecified atom stereocenters. The van der Waals surface area contributed by atoms with Crippen molar-refractivity contribution in [2.24, 2.45) is 0 Å². The van der Waals surface area contributed by atoms with E-state index < -0.39 is 11.7 Å². The number of nitrogens with one attached hydrogen (secondary N) is 1. The maximum atomic E-state index is 12.7. The summed E-state index contributed by atoms with van der Waals surface area (Å²) in [4.78, 5) is 22.7. The lowest BCUT2D eigenvalue weighted by molar-refractivity contribution is -0.137. The summed E-state index contributed by atoms with van der Waals surface area (Å²) in [6, 6.07) is 10.8. The Bertz CT molecular complexity index is 1100. The first-order valence-corrected chi connectivity index (χ1v) is 10.5. The van der Waals surface area contributed by atoms with Crippen molar-refractivity contribution in [3.8, 4) is 11.6 Å². The van der Waals surface area contributed by atoms with Gasteiger partial charge in [0.25, 0.3) is 0 Å². The molecule has 7 nitrogen and oxygen atoms in total. The van der Waals surface area contributed by atoms with E-state index in [1.165, 1.54) is 6.07 Å². The van der Waals surface area contributed by atoms with Gasteiger partial charge in [-0.1, -0.05) is 6.07 Å². The van der Waals surface area contributed by atoms with Gasteiger partial charge in [-0.25, -0.2) is 4.98 Å². The zero-order chi connectivity index (χ0) is 23.3. The minimum absolute atomic E-state index is 0.0562. The summed E-state index contributed by atoms with van der Waals surface area (Å²) in [7, 11) is 0. The Kier molecular flexibility index (Phi) is 7.05. The quantitative estimate of drug-likeness (QED) is 0.582. The van der Waals surface area contributed by atoms with Crippen LogP contribution in [0.4, 0.5) is 13.2 Å². The summed E-state index contributed by atoms with van der Waals surface area (Å²) in [6.07, 6.45) is -3.54. The van der Waals surface area contributed by atoms with Gasteiger partial charge in [0.1, 0.15) is 5.75 Å². The lowest BCUT2D eigenvalue weighted by Crippen LogP contribution is -2.41. The van der Waals surface area contributed by atoms with Gasteiger partial charge in [-0.05, 0) is 30.3 Å². The molecule has 1 fully saturated rings. The van der Waals surface area contributed by atoms with Gasteiger partial charge >= 0.3 is 6.18 Å². The van der Waals surface area contributed by atoms with Crippen molar-refractivity contribution in [1.82, 2.24) is 20.2 Å². The number of fused-ring (bicyclic) bond motifs is 1. The number of ether oxygens (including phenoxy) is 2. The number of morpholine rings is 1. The number of hydrogen-bond donors (Lipinski definition) is 1. The summed E-state index contributed by atoms with van der Waals surface area (Å²) >= 11 is 0. The smallest absolute Gasteiger partial charge is 0.417 e. The highest BCUT2D eigenvalue weighted by Crippen LogP contribution is 2.30. The Morgan fingerprint density at radius 2 is 1.94 bits per heavy atom. The third kappa shape index (κ3) is 6.39. The van der Waals surface area contributed by atoms with Crippen molar-refractivity contribution in [3.05, 3.63) is 59.9 Å². The van der Waals surface area contributed by atoms with E-state index in [0.717, 1.165) is 50.5 Å². The molecule has 1 amide bonds. The van der Waals surface area contributed by atoms with Crippen molar-refractivity contribution in [3.63, 3.8) is 0 Å². The molecule has 1 aliphatic heterocycles. The first-order valence-electron chi connectivity index (χ1n) is 10.5. The van der Waals surface area contributed by atoms with Crippen LogP contribution in [0, 0.1) is 0 Å². The fourth-order valence-electron chi connectivity index (χ4n) is 3.44. The monoisotopic (exact) mass is 460 g/mol. The molecule has 1 N–H and O–H groups in total. The molecular formula is C23H23F3N4O3. The molecule has 3 aromatic rings. The van der Waals surface area contributed by atoms with Crippen molar-refractivity contribution in [1.29, 1.82) is 0 Å². The van der Waals surface area contributed by atoms with Crippen LogP contribution in [-0.2, 0) is 22.1 Å². The van der Waals surface area contributed by atoms with Gasteiger partial charge in [-0.2, -0.15) is 13.2 Å². The summed E-state index contributed by atoms with van der Waals surface area (Å²) in [5.74, 6) is 0.384. The van der Waals surface area contributed by atoms with E-state index >= 15 is 0 Å². The van der Waals surface area contributed by atoms with Gasteiger partial charge in [-0.3, -0.25) is 14.7 Å². The van der Waals surface area contributed by atoms with Crippen LogP contribution in [0.1, 0.15) is 11.3 Å². The predicted octanol–water partition coefficient (Wildman–Crippen LogP) is 3.43. The fraction of sp³-hybridized carbons (Fsp3) is 0.348. The molecule has 4 rings (SSSR count). The molecule has 0 spiro atoms. The Balaban J connectivity index is 1.33. The Labute approximate surface area is 188 Å². The number of hydrogen-bond acceptors (Lipinski definition) is 6. The van der Waals surface area contributed by atoms with Crippen molar-refractivity contribution in [2.75, 3.05) is 39.4 Å². The zero-order valence-electron chi connectivity index (χ0n) is 17.8. The normalized spacial score (nSPS) is 14.9. The van der Waals surface area contributed by atoms with Crippen molar-refractivity contribution >= 4 is 16.8 Å². The van der Waals surface area contributed by atoms with Crippen LogP contribution in [0.2, 0.25) is 0 Å². The van der Waals surface area contributed by atoms with E-state index in [1.807, 2.05) is 6.07 Å². The van der Waals surface area contributed by atoms with Crippen LogP contribution >= 0.6 is 0 Å². The number of halogens is 3. The van der Waals surface area contributed by atoms with Gasteiger partial charge in [0.05, 0.1) is 36.4 Å². The second-order valence-corrected chi connectivity index (χ2v) is 7.62. The van der Waals surface area contributed by atoms with E-state index in [1.54, 1.807) is 24.3 Å². The number of aromatic nitrogens is 2. The lowest BCUT2D eigenvalue weighted by atomic mass is 10.1. The van der Waals surface area contributed by atoms with Crippen molar-refractivity contribution < 1.29 is 27.4 Å². The molecule has 0 radical (unpaired) electrons. The van der Waals surface area contributed by atoms with E-state index in [9.17, 15) is 18.0 Å². The summed E-state index contributed by atoms with van der Waals surface area (Å²) in [5.41, 5.74) is 0.487. The first-order chi connectivity index (χ1) is 15.9. The third-order valence-corrected chi connectivity index (χ3v) is 5.20. The number of alkyl halides is 3. The van der Waals surface area contributed by atoms with Gasteiger partial charge in [0, 0.05) is 43.8 Å². The third-order valence-electron chi connectivity index (χ3n) is 5.20. The molecule has 33 heavy (non-hydrogen) atoms. The molecule has 0 aliphatic carbocycles. The number of benzene rings is 1. The van der Waals surface area contributed by atoms with Crippen LogP contribution in [0.25, 0.3) is 10.9 Å². The van der Waals surface area contributed by atoms with Crippen LogP contribution < -0.4 is 10.1 Å². The summed E-state index contributed by atoms with van der Waals surface area (Å²) < 4.78 is 48.8. The Morgan fingerprint density at radius 1 is 1.12 bits per heavy atom. The molecule has 3 heterocycles. The van der Waals surface area contributed by atoms with E-state index in [4.69, 9.17) is 9.47 Å². The molecule has 1 aliphatic rings. The predicted molar refractivity (Wildman–Crippen MR) is 115 cm³/mol. The average molecular weight is 460 g/mol. The second-order valence-electron chi connectivity index (χ2n) is 7.62. The molecule has 0 bridgehead atoms. The van der Waals surface area contributed by atoms with Gasteiger partial charge in [0.15, 0.2) is 0 Å². The number of rotatable bonds is 7. The lowest BCUT2D eigenvalue weighted by Gasteiger charge is -2.26. The number of carbonyl (C=O) groups excluding carboxylic acids is 1. The van der Waals surface area contributed by atoms with E-state index in [2.05, 4.69) is 20.2 Å². The minimum atomic E-state index is -4.45. The molecule has 2 aromatic heterocycles. The Hall–Kier alpha value is -3.24. The van der Waals surface area contributed by atoms with E-state index in [-0.39, 0.29) is 18.2 Å². The SMILES string of the molecule is O=C(Cc1ccc2cc(Oc3ccc(C(F)(F)F)cn3)ccc2n1)NCCN1CCOCC1. The number of pyridine rings is 2. The van der Waals surface area contributed by atoms with Gasteiger partial charge in [0.2, 0.25) is 11.8 Å². The molecule has 10 heteroatoms. The topological polar surface area (TPSA) is 76.6 Å². The van der Waals surface area contributed by atoms with Crippen LogP contribution in [0.5, 0.6) is 11.6 Å². The van der Waals surface area contributed by atoms with Crippen molar-refractivity contribution in [2.45, 2.75) is 12.6 Å². The minimum Gasteiger partial charge on any atom is -0.439 e. The number of nitrogens with zero attached hydrogens (tertiary/aromatic N) is 3. The van der Waals surface area contributed by atoms with Gasteiger partial charge in [-0.15, -0.1) is 0 Å². The number of amides is 1. The largest absolute Gasteiger partial charge is 0.439 e. The number of carbonyl (C=O) groups is 1. The zero-order valence-corrected chi connectivity index (χ0v) is 17.8. The first kappa shape index (κ1) is 22.9. The maximum absolute atomic E-state index is 12.7. The molecule has 0 saturated carbocycles. The molecule has 0 atom stereocenters. The van der Waals surface area contributed by atoms with Gasteiger partial charge < -0.3 is 14.8 Å². The highest BCUT2D eigenvalue weighted by molar-refractivity contribution is 5.82. The molecule has 1 saturated heterocycles. The summed E-state index contributed by atoms with van der Waals surface area (Å²) in [5, 5.41) is 3.69. The highest BCUT2D eigenvalue weighted by Gasteiger charge is 2.30. The maximum Gasteiger partial charge on any atom is 0.417 e. The van der Waals surface area contributed by atoms with Crippen LogP contribution in [-0.4, -0.2) is 60.2 Å². The highest BCUT2D eigenvalue weighted by atomic mass is 19.4. The van der Waals surface area contributed by atoms with E-state index in [0.29, 0.717) is 23.5 Å². The molecular weight excluding hydrogens is 437 g/mol. The molecule has 1 aromatic carbocycles. The summed E-state index contributed by atoms with van der Waals surface area (Å²) in [6.45, 7) is 4.57. The average Bonchev–Trinajstić information content (AvgIpc) is 2.80. The standard InChI is InChI=1S/C23H23F3N4O3/c24-23(25,26)17-2-6-22(28-15-17)33-19-4-5-20-16(13-19)1-3-18(29-20)14-21(31)27-7-8-30-9-11-32-12-10-30/h1-6,13,15H,7-12,14H2,(H,27,31). The van der Waals surface area contributed by atoms with Crippen LogP contribution in [0.3, 0.4) is 0 Å². The van der Waals surface area contributed by atoms with Crippen LogP contribution in [0.15, 0.2) is 48.7 Å². The Morgan fingerprint density at radius 3 is 2.67 bits per heavy atom. The molecule has 174 valence electrons. The second kappa shape index (κ2) is 10.1.